The van der Waals surface area contributed by atoms with E-state index in [-0.39, 0.29) is 5.91 Å². The number of furan rings is 1. The number of likely N-dealkylation sites (N-methyl/N-ethyl adjacent to an activating group) is 1. The van der Waals surface area contributed by atoms with Gasteiger partial charge in [-0.1, -0.05) is 0 Å². The first-order valence-electron chi connectivity index (χ1n) is 4.82. The molecule has 1 aromatic heterocycles. The second-order valence-electron chi connectivity index (χ2n) is 3.43. The van der Waals surface area contributed by atoms with Crippen LogP contribution in [-0.4, -0.2) is 30.1 Å². The lowest BCUT2D eigenvalue weighted by molar-refractivity contribution is -0.121. The Morgan fingerprint density at radius 3 is 2.75 bits per heavy atom. The molecule has 0 N–H and O–H groups in total. The molecule has 0 aromatic carbocycles. The van der Waals surface area contributed by atoms with Gasteiger partial charge in [-0.15, -0.1) is 0 Å². The van der Waals surface area contributed by atoms with Gasteiger partial charge >= 0.3 is 0 Å². The van der Waals surface area contributed by atoms with Crippen LogP contribution in [0.4, 0.5) is 0 Å². The summed E-state index contributed by atoms with van der Waals surface area (Å²) in [5.74, 6) is 1.48. The van der Waals surface area contributed by atoms with Crippen LogP contribution in [-0.2, 0) is 4.79 Å². The number of hydrogen-bond donors (Lipinski definition) is 0. The number of aryl methyl sites for hydroxylation is 1. The van der Waals surface area contributed by atoms with Crippen LogP contribution in [0.3, 0.4) is 0 Å². The second-order valence-corrected chi connectivity index (χ2v) is 4.44. The lowest BCUT2D eigenvalue weighted by Gasteiger charge is -2.04. The van der Waals surface area contributed by atoms with Crippen LogP contribution in [0, 0.1) is 6.92 Å². The average Bonchev–Trinajstić information content (AvgIpc) is 2.78. The van der Waals surface area contributed by atoms with E-state index in [0.29, 0.717) is 15.8 Å². The van der Waals surface area contributed by atoms with Crippen LogP contribution in [0.2, 0.25) is 0 Å². The topological polar surface area (TPSA) is 45.8 Å². The molecular weight excluding hydrogens is 224 g/mol. The molecule has 84 valence electrons. The molecule has 1 aliphatic rings. The Hall–Kier alpha value is -1.49. The van der Waals surface area contributed by atoms with Gasteiger partial charge in [0.25, 0.3) is 5.91 Å². The summed E-state index contributed by atoms with van der Waals surface area (Å²) < 4.78 is 5.40. The maximum atomic E-state index is 11.8. The predicted molar refractivity (Wildman–Crippen MR) is 65.1 cm³/mol. The van der Waals surface area contributed by atoms with Crippen molar-refractivity contribution in [2.45, 2.75) is 6.92 Å². The third-order valence-electron chi connectivity index (χ3n) is 2.23. The standard InChI is InChI=1S/C11H12N2O2S/c1-7-4-5-8(15-7)6-9-10(14)13(3)11(12-2)16-9/h4-6H,1-3H3/b9-6+,12-11?. The van der Waals surface area contributed by atoms with Gasteiger partial charge in [0.15, 0.2) is 5.17 Å². The van der Waals surface area contributed by atoms with Crippen LogP contribution in [0.1, 0.15) is 11.5 Å². The third-order valence-corrected chi connectivity index (χ3v) is 3.38. The number of nitrogens with zero attached hydrogens (tertiary/aromatic N) is 2. The Labute approximate surface area is 98.0 Å². The van der Waals surface area contributed by atoms with Crippen molar-refractivity contribution in [1.29, 1.82) is 0 Å². The number of thioether (sulfide) groups is 1. The molecule has 0 unspecified atom stereocenters. The first-order chi connectivity index (χ1) is 7.61. The summed E-state index contributed by atoms with van der Waals surface area (Å²) in [5.41, 5.74) is 0. The van der Waals surface area contributed by atoms with E-state index in [4.69, 9.17) is 4.42 Å². The third kappa shape index (κ3) is 1.90. The van der Waals surface area contributed by atoms with Crippen molar-refractivity contribution in [2.75, 3.05) is 14.1 Å². The number of rotatable bonds is 1. The number of hydrogen-bond acceptors (Lipinski definition) is 4. The molecule has 2 rings (SSSR count). The summed E-state index contributed by atoms with van der Waals surface area (Å²) in [6, 6.07) is 3.71. The minimum Gasteiger partial charge on any atom is -0.462 e. The van der Waals surface area contributed by atoms with Gasteiger partial charge < -0.3 is 4.42 Å². The van der Waals surface area contributed by atoms with Crippen LogP contribution in [0.5, 0.6) is 0 Å². The smallest absolute Gasteiger partial charge is 0.266 e. The van der Waals surface area contributed by atoms with Crippen molar-refractivity contribution in [2.24, 2.45) is 4.99 Å². The van der Waals surface area contributed by atoms with Crippen molar-refractivity contribution in [3.63, 3.8) is 0 Å². The Morgan fingerprint density at radius 1 is 1.50 bits per heavy atom. The van der Waals surface area contributed by atoms with Gasteiger partial charge in [-0.2, -0.15) is 0 Å². The molecular formula is C11H12N2O2S. The van der Waals surface area contributed by atoms with E-state index in [0.717, 1.165) is 5.76 Å². The fraction of sp³-hybridized carbons (Fsp3) is 0.273. The monoisotopic (exact) mass is 236 g/mol. The van der Waals surface area contributed by atoms with Crippen molar-refractivity contribution in [3.05, 3.63) is 28.6 Å². The number of amidine groups is 1. The zero-order valence-electron chi connectivity index (χ0n) is 9.35. The van der Waals surface area contributed by atoms with Crippen LogP contribution in [0.15, 0.2) is 26.4 Å². The zero-order chi connectivity index (χ0) is 11.7. The maximum Gasteiger partial charge on any atom is 0.266 e. The lowest BCUT2D eigenvalue weighted by Crippen LogP contribution is -2.23. The molecule has 1 aliphatic heterocycles. The summed E-state index contributed by atoms with van der Waals surface area (Å²) in [6.45, 7) is 1.87. The molecule has 1 amide bonds. The molecule has 0 radical (unpaired) electrons. The first-order valence-corrected chi connectivity index (χ1v) is 5.64. The number of carbonyl (C=O) groups excluding carboxylic acids is 1. The first kappa shape index (κ1) is 11.0. The molecule has 0 spiro atoms. The molecule has 0 aliphatic carbocycles. The molecule has 1 saturated heterocycles. The Kier molecular flexibility index (Phi) is 2.87. The Morgan fingerprint density at radius 2 is 2.25 bits per heavy atom. The maximum absolute atomic E-state index is 11.8. The van der Waals surface area contributed by atoms with E-state index in [9.17, 15) is 4.79 Å². The fourth-order valence-electron chi connectivity index (χ4n) is 1.41. The minimum absolute atomic E-state index is 0.0420. The lowest BCUT2D eigenvalue weighted by atomic mass is 10.3. The van der Waals surface area contributed by atoms with Crippen LogP contribution < -0.4 is 0 Å². The van der Waals surface area contributed by atoms with E-state index < -0.39 is 0 Å². The highest BCUT2D eigenvalue weighted by atomic mass is 32.2. The van der Waals surface area contributed by atoms with Crippen LogP contribution >= 0.6 is 11.8 Å². The molecule has 0 atom stereocenters. The van der Waals surface area contributed by atoms with Crippen LogP contribution in [0.25, 0.3) is 6.08 Å². The second kappa shape index (κ2) is 4.17. The minimum atomic E-state index is -0.0420. The molecule has 4 nitrogen and oxygen atoms in total. The van der Waals surface area contributed by atoms with Gasteiger partial charge in [0.2, 0.25) is 0 Å². The quantitative estimate of drug-likeness (QED) is 0.702. The van der Waals surface area contributed by atoms with Crippen molar-refractivity contribution < 1.29 is 9.21 Å². The molecule has 2 heterocycles. The molecule has 0 bridgehead atoms. The van der Waals surface area contributed by atoms with Gasteiger partial charge in [0.1, 0.15) is 11.5 Å². The normalized spacial score (nSPS) is 21.4. The SMILES string of the molecule is CN=C1S/C(=C/c2ccc(C)o2)C(=O)N1C. The summed E-state index contributed by atoms with van der Waals surface area (Å²) in [4.78, 5) is 18.0. The van der Waals surface area contributed by atoms with Gasteiger partial charge in [-0.25, -0.2) is 0 Å². The van der Waals surface area contributed by atoms with Gasteiger partial charge in [-0.3, -0.25) is 14.7 Å². The van der Waals surface area contributed by atoms with Crippen molar-refractivity contribution in [3.8, 4) is 0 Å². The van der Waals surface area contributed by atoms with E-state index in [1.807, 2.05) is 19.1 Å². The van der Waals surface area contributed by atoms with E-state index in [1.165, 1.54) is 16.7 Å². The Bertz CT molecular complexity index is 488. The number of aliphatic imine (C=N–C) groups is 1. The van der Waals surface area contributed by atoms with Gasteiger partial charge in [0.05, 0.1) is 4.91 Å². The van der Waals surface area contributed by atoms with Crippen molar-refractivity contribution >= 4 is 28.9 Å². The highest BCUT2D eigenvalue weighted by Gasteiger charge is 2.29. The molecule has 1 fully saturated rings. The predicted octanol–water partition coefficient (Wildman–Crippen LogP) is 2.12. The number of carbonyl (C=O) groups is 1. The molecule has 5 heteroatoms. The highest BCUT2D eigenvalue weighted by molar-refractivity contribution is 8.18. The summed E-state index contributed by atoms with van der Waals surface area (Å²) in [7, 11) is 3.39. The molecule has 16 heavy (non-hydrogen) atoms. The number of amides is 1. The van der Waals surface area contributed by atoms with E-state index >= 15 is 0 Å². The Balaban J connectivity index is 2.30. The zero-order valence-corrected chi connectivity index (χ0v) is 10.2. The fourth-order valence-corrected chi connectivity index (χ4v) is 2.32. The van der Waals surface area contributed by atoms with Gasteiger partial charge in [-0.05, 0) is 30.8 Å². The molecule has 0 saturated carbocycles. The summed E-state index contributed by atoms with van der Waals surface area (Å²) in [5, 5.41) is 0.708. The summed E-state index contributed by atoms with van der Waals surface area (Å²) in [6.07, 6.45) is 1.74. The van der Waals surface area contributed by atoms with E-state index in [1.54, 1.807) is 20.2 Å². The highest BCUT2D eigenvalue weighted by Crippen LogP contribution is 2.31. The van der Waals surface area contributed by atoms with Crippen molar-refractivity contribution in [1.82, 2.24) is 4.90 Å². The largest absolute Gasteiger partial charge is 0.462 e. The summed E-state index contributed by atoms with van der Waals surface area (Å²) >= 11 is 1.36. The van der Waals surface area contributed by atoms with Gasteiger partial charge in [0, 0.05) is 20.2 Å². The molecule has 1 aromatic rings. The average molecular weight is 236 g/mol. The van der Waals surface area contributed by atoms with E-state index in [2.05, 4.69) is 4.99 Å².